The molecule has 6 nitrogen and oxygen atoms in total. The number of ether oxygens (including phenoxy) is 2. The molecule has 0 unspecified atom stereocenters. The molecule has 4 rings (SSSR count). The predicted octanol–water partition coefficient (Wildman–Crippen LogP) is 3.35. The van der Waals surface area contributed by atoms with Crippen LogP contribution in [-0.4, -0.2) is 18.6 Å². The van der Waals surface area contributed by atoms with Gasteiger partial charge in [0.25, 0.3) is 5.91 Å². The van der Waals surface area contributed by atoms with E-state index in [1.807, 2.05) is 12.1 Å². The van der Waals surface area contributed by atoms with Gasteiger partial charge in [0.05, 0.1) is 5.56 Å². The third-order valence-corrected chi connectivity index (χ3v) is 5.99. The molecule has 7 heteroatoms. The second-order valence-corrected chi connectivity index (χ2v) is 7.96. The van der Waals surface area contributed by atoms with E-state index in [4.69, 9.17) is 15.2 Å². The fourth-order valence-electron chi connectivity index (χ4n) is 3.44. The third kappa shape index (κ3) is 3.55. The van der Waals surface area contributed by atoms with Crippen molar-refractivity contribution in [1.29, 1.82) is 0 Å². The minimum atomic E-state index is -0.489. The molecule has 1 aromatic heterocycles. The minimum absolute atomic E-state index is 0.209. The zero-order chi connectivity index (χ0) is 19.0. The third-order valence-electron chi connectivity index (χ3n) is 4.82. The topological polar surface area (TPSA) is 90.7 Å². The largest absolute Gasteiger partial charge is 0.454 e. The number of rotatable bonds is 4. The van der Waals surface area contributed by atoms with Crippen LogP contribution in [0.4, 0.5) is 5.00 Å². The SMILES string of the molecule is C[C@H]1CCc2c(sc(NC(=O)/C=C\c3ccc4c(c3)OCO4)c2C(N)=O)C1. The summed E-state index contributed by atoms with van der Waals surface area (Å²) in [6.07, 6.45) is 5.90. The number of carbonyl (C=O) groups is 2. The smallest absolute Gasteiger partial charge is 0.251 e. The summed E-state index contributed by atoms with van der Waals surface area (Å²) in [4.78, 5) is 25.5. The van der Waals surface area contributed by atoms with E-state index in [0.29, 0.717) is 28.0 Å². The Bertz CT molecular complexity index is 948. The average Bonchev–Trinajstić information content (AvgIpc) is 3.22. The highest BCUT2D eigenvalue weighted by molar-refractivity contribution is 7.17. The summed E-state index contributed by atoms with van der Waals surface area (Å²) in [7, 11) is 0. The van der Waals surface area contributed by atoms with E-state index in [0.717, 1.165) is 35.3 Å². The highest BCUT2D eigenvalue weighted by Gasteiger charge is 2.26. The number of hydrogen-bond donors (Lipinski definition) is 2. The lowest BCUT2D eigenvalue weighted by molar-refractivity contribution is -0.111. The number of fused-ring (bicyclic) bond motifs is 2. The number of thiophene rings is 1. The van der Waals surface area contributed by atoms with E-state index in [9.17, 15) is 9.59 Å². The summed E-state index contributed by atoms with van der Waals surface area (Å²) in [6.45, 7) is 2.40. The molecule has 0 radical (unpaired) electrons. The highest BCUT2D eigenvalue weighted by atomic mass is 32.1. The number of carbonyl (C=O) groups excluding carboxylic acids is 2. The Morgan fingerprint density at radius 2 is 2.11 bits per heavy atom. The summed E-state index contributed by atoms with van der Waals surface area (Å²) in [5.41, 5.74) is 7.87. The molecule has 2 heterocycles. The Labute approximate surface area is 161 Å². The fraction of sp³-hybridized carbons (Fsp3) is 0.300. The van der Waals surface area contributed by atoms with Gasteiger partial charge in [-0.2, -0.15) is 0 Å². The van der Waals surface area contributed by atoms with E-state index >= 15 is 0 Å². The summed E-state index contributed by atoms with van der Waals surface area (Å²) < 4.78 is 10.6. The van der Waals surface area contributed by atoms with Crippen molar-refractivity contribution in [2.45, 2.75) is 26.2 Å². The molecule has 1 aromatic carbocycles. The number of primary amides is 1. The monoisotopic (exact) mass is 384 g/mol. The van der Waals surface area contributed by atoms with Crippen molar-refractivity contribution < 1.29 is 19.1 Å². The molecule has 2 aromatic rings. The molecule has 0 bridgehead atoms. The van der Waals surface area contributed by atoms with Gasteiger partial charge in [-0.15, -0.1) is 11.3 Å². The zero-order valence-electron chi connectivity index (χ0n) is 14.9. The van der Waals surface area contributed by atoms with Gasteiger partial charge in [-0.3, -0.25) is 9.59 Å². The maximum atomic E-state index is 12.4. The van der Waals surface area contributed by atoms with Crippen LogP contribution in [0.3, 0.4) is 0 Å². The van der Waals surface area contributed by atoms with Crippen LogP contribution < -0.4 is 20.5 Å². The van der Waals surface area contributed by atoms with E-state index in [1.165, 1.54) is 17.4 Å². The minimum Gasteiger partial charge on any atom is -0.454 e. The molecule has 2 amide bonds. The molecule has 27 heavy (non-hydrogen) atoms. The Hall–Kier alpha value is -2.80. The molecule has 0 saturated heterocycles. The van der Waals surface area contributed by atoms with Gasteiger partial charge < -0.3 is 20.5 Å². The van der Waals surface area contributed by atoms with Crippen LogP contribution in [0.25, 0.3) is 6.08 Å². The maximum Gasteiger partial charge on any atom is 0.251 e. The van der Waals surface area contributed by atoms with Gasteiger partial charge in [0.15, 0.2) is 11.5 Å². The summed E-state index contributed by atoms with van der Waals surface area (Å²) in [5.74, 6) is 1.14. The van der Waals surface area contributed by atoms with Crippen molar-refractivity contribution in [2.24, 2.45) is 11.7 Å². The van der Waals surface area contributed by atoms with Crippen LogP contribution in [0.1, 0.15) is 39.7 Å². The fourth-order valence-corrected chi connectivity index (χ4v) is 4.86. The standard InChI is InChI=1S/C20H20N2O4S/c1-11-2-5-13-16(8-11)27-20(18(13)19(21)24)22-17(23)7-4-12-3-6-14-15(9-12)26-10-25-14/h3-4,6-7,9,11H,2,5,8,10H2,1H3,(H2,21,24)(H,22,23)/b7-4-/t11-/m0/s1. The van der Waals surface area contributed by atoms with Crippen LogP contribution in [0.5, 0.6) is 11.5 Å². The number of benzene rings is 1. The van der Waals surface area contributed by atoms with E-state index in [-0.39, 0.29) is 12.7 Å². The Balaban J connectivity index is 1.52. The Kier molecular flexibility index (Phi) is 4.61. The van der Waals surface area contributed by atoms with Crippen molar-refractivity contribution in [3.63, 3.8) is 0 Å². The first-order valence-electron chi connectivity index (χ1n) is 8.84. The van der Waals surface area contributed by atoms with E-state index in [2.05, 4.69) is 12.2 Å². The van der Waals surface area contributed by atoms with Gasteiger partial charge in [0.2, 0.25) is 12.7 Å². The molecule has 0 fully saturated rings. The lowest BCUT2D eigenvalue weighted by Crippen LogP contribution is -2.18. The van der Waals surface area contributed by atoms with Gasteiger partial charge in [0.1, 0.15) is 5.00 Å². The molecule has 1 atom stereocenters. The molecule has 1 aliphatic heterocycles. The molecule has 140 valence electrons. The molecule has 0 saturated carbocycles. The highest BCUT2D eigenvalue weighted by Crippen LogP contribution is 2.39. The van der Waals surface area contributed by atoms with Gasteiger partial charge in [-0.1, -0.05) is 13.0 Å². The maximum absolute atomic E-state index is 12.4. The lowest BCUT2D eigenvalue weighted by atomic mass is 9.88. The first kappa shape index (κ1) is 17.6. The quantitative estimate of drug-likeness (QED) is 0.791. The van der Waals surface area contributed by atoms with Crippen molar-refractivity contribution in [3.05, 3.63) is 45.8 Å². The summed E-state index contributed by atoms with van der Waals surface area (Å²) >= 11 is 1.46. The number of hydrogen-bond acceptors (Lipinski definition) is 5. The second-order valence-electron chi connectivity index (χ2n) is 6.86. The normalized spacial score (nSPS) is 17.7. The van der Waals surface area contributed by atoms with Crippen LogP contribution in [0.15, 0.2) is 24.3 Å². The molecule has 3 N–H and O–H groups in total. The van der Waals surface area contributed by atoms with Crippen molar-refractivity contribution >= 4 is 34.2 Å². The van der Waals surface area contributed by atoms with Crippen molar-refractivity contribution in [2.75, 3.05) is 12.1 Å². The average molecular weight is 384 g/mol. The van der Waals surface area contributed by atoms with Gasteiger partial charge >= 0.3 is 0 Å². The van der Waals surface area contributed by atoms with Gasteiger partial charge in [0, 0.05) is 11.0 Å². The zero-order valence-corrected chi connectivity index (χ0v) is 15.7. The molecular formula is C20H20N2O4S. The summed E-state index contributed by atoms with van der Waals surface area (Å²) in [6, 6.07) is 5.46. The first-order chi connectivity index (χ1) is 13.0. The molecule has 2 aliphatic rings. The molecular weight excluding hydrogens is 364 g/mol. The van der Waals surface area contributed by atoms with Gasteiger partial charge in [-0.25, -0.2) is 0 Å². The number of nitrogens with one attached hydrogen (secondary N) is 1. The number of nitrogens with two attached hydrogens (primary N) is 1. The van der Waals surface area contributed by atoms with Crippen LogP contribution in [0.2, 0.25) is 0 Å². The second kappa shape index (κ2) is 7.08. The van der Waals surface area contributed by atoms with Crippen LogP contribution in [0, 0.1) is 5.92 Å². The van der Waals surface area contributed by atoms with Crippen molar-refractivity contribution in [3.8, 4) is 11.5 Å². The van der Waals surface area contributed by atoms with E-state index < -0.39 is 5.91 Å². The van der Waals surface area contributed by atoms with E-state index in [1.54, 1.807) is 12.1 Å². The number of anilines is 1. The Morgan fingerprint density at radius 1 is 1.30 bits per heavy atom. The Morgan fingerprint density at radius 3 is 2.93 bits per heavy atom. The molecule has 1 aliphatic carbocycles. The lowest BCUT2D eigenvalue weighted by Gasteiger charge is -2.18. The predicted molar refractivity (Wildman–Crippen MR) is 104 cm³/mol. The van der Waals surface area contributed by atoms with Gasteiger partial charge in [-0.05, 0) is 54.5 Å². The first-order valence-corrected chi connectivity index (χ1v) is 9.66. The summed E-state index contributed by atoms with van der Waals surface area (Å²) in [5, 5.41) is 3.37. The number of amides is 2. The van der Waals surface area contributed by atoms with Crippen LogP contribution in [-0.2, 0) is 17.6 Å². The van der Waals surface area contributed by atoms with Crippen molar-refractivity contribution in [1.82, 2.24) is 0 Å². The van der Waals surface area contributed by atoms with Crippen LogP contribution >= 0.6 is 11.3 Å². The molecule has 0 spiro atoms.